The molecule has 0 bridgehead atoms. The summed E-state index contributed by atoms with van der Waals surface area (Å²) in [5, 5.41) is 9.52. The summed E-state index contributed by atoms with van der Waals surface area (Å²) in [6, 6.07) is 0. The number of aromatic nitrogens is 1. The van der Waals surface area contributed by atoms with E-state index in [-0.39, 0.29) is 35.3 Å². The fourth-order valence-corrected chi connectivity index (χ4v) is 4.12. The van der Waals surface area contributed by atoms with Crippen LogP contribution in [0.1, 0.15) is 50.7 Å². The Labute approximate surface area is 184 Å². The van der Waals surface area contributed by atoms with Crippen LogP contribution in [0.5, 0.6) is 0 Å². The molecule has 6 nitrogen and oxygen atoms in total. The van der Waals surface area contributed by atoms with E-state index < -0.39 is 0 Å². The van der Waals surface area contributed by atoms with E-state index in [1.807, 2.05) is 7.05 Å². The Hall–Kier alpha value is -0.900. The van der Waals surface area contributed by atoms with Gasteiger partial charge in [-0.15, -0.1) is 35.3 Å². The average molecular weight is 507 g/mol. The molecule has 0 saturated carbocycles. The maximum Gasteiger partial charge on any atom is 0.220 e. The molecule has 2 N–H and O–H groups in total. The van der Waals surface area contributed by atoms with Crippen molar-refractivity contribution in [3.05, 3.63) is 16.1 Å². The maximum atomic E-state index is 11.5. The quantitative estimate of drug-likeness (QED) is 0.365. The largest absolute Gasteiger partial charge is 0.359 e. The number of nitrogens with one attached hydrogen (secondary N) is 2. The van der Waals surface area contributed by atoms with Crippen molar-refractivity contribution >= 4 is 47.2 Å². The Morgan fingerprint density at radius 3 is 2.56 bits per heavy atom. The lowest BCUT2D eigenvalue weighted by molar-refractivity contribution is -0.121. The molecule has 1 saturated heterocycles. The SMILES string of the molecule is CN=C(NCCc1nc(C(C)(C)C)cs1)N1CCC(CC(=O)NC)CC1.I. The summed E-state index contributed by atoms with van der Waals surface area (Å²) in [5.41, 5.74) is 1.28. The van der Waals surface area contributed by atoms with Crippen molar-refractivity contribution in [2.45, 2.75) is 51.9 Å². The monoisotopic (exact) mass is 507 g/mol. The van der Waals surface area contributed by atoms with E-state index in [1.165, 1.54) is 10.7 Å². The van der Waals surface area contributed by atoms with E-state index in [9.17, 15) is 4.79 Å². The van der Waals surface area contributed by atoms with E-state index >= 15 is 0 Å². The van der Waals surface area contributed by atoms with E-state index in [0.717, 1.165) is 44.9 Å². The van der Waals surface area contributed by atoms with Gasteiger partial charge in [-0.1, -0.05) is 20.8 Å². The summed E-state index contributed by atoms with van der Waals surface area (Å²) < 4.78 is 0. The molecule has 0 spiro atoms. The smallest absolute Gasteiger partial charge is 0.220 e. The number of amides is 1. The molecular formula is C19H34IN5OS. The molecule has 0 aromatic carbocycles. The van der Waals surface area contributed by atoms with E-state index in [4.69, 9.17) is 4.98 Å². The second-order valence-electron chi connectivity index (χ2n) is 7.91. The Kier molecular flexibility index (Phi) is 10.0. The summed E-state index contributed by atoms with van der Waals surface area (Å²) in [7, 11) is 3.54. The standard InChI is InChI=1S/C19H33N5OS.HI/c1-19(2,3)15-13-26-17(23-15)6-9-22-18(21-5)24-10-7-14(8-11-24)12-16(25)20-4;/h13-14H,6-12H2,1-5H3,(H,20,25)(H,21,22);1H. The number of likely N-dealkylation sites (tertiary alicyclic amines) is 1. The van der Waals surface area contributed by atoms with E-state index in [1.54, 1.807) is 18.4 Å². The molecule has 1 aliphatic rings. The first-order valence-electron chi connectivity index (χ1n) is 9.44. The van der Waals surface area contributed by atoms with Crippen molar-refractivity contribution in [1.82, 2.24) is 20.5 Å². The van der Waals surface area contributed by atoms with Crippen LogP contribution in [0.4, 0.5) is 0 Å². The number of guanidine groups is 1. The molecule has 27 heavy (non-hydrogen) atoms. The third-order valence-corrected chi connectivity index (χ3v) is 5.73. The van der Waals surface area contributed by atoms with Crippen LogP contribution in [0.3, 0.4) is 0 Å². The molecule has 1 amide bonds. The minimum atomic E-state index is 0. The van der Waals surface area contributed by atoms with Crippen molar-refractivity contribution < 1.29 is 4.79 Å². The van der Waals surface area contributed by atoms with E-state index in [2.05, 4.69) is 46.7 Å². The number of thiazole rings is 1. The Bertz CT molecular complexity index is 618. The van der Waals surface area contributed by atoms with Gasteiger partial charge in [0.05, 0.1) is 10.7 Å². The Morgan fingerprint density at radius 1 is 1.37 bits per heavy atom. The molecule has 1 fully saturated rings. The Morgan fingerprint density at radius 2 is 2.04 bits per heavy atom. The predicted octanol–water partition coefficient (Wildman–Crippen LogP) is 3.02. The van der Waals surface area contributed by atoms with Crippen LogP contribution in [-0.2, 0) is 16.6 Å². The number of carbonyl (C=O) groups is 1. The third kappa shape index (κ3) is 7.56. The van der Waals surface area contributed by atoms with Gasteiger partial charge in [0.2, 0.25) is 5.91 Å². The first-order chi connectivity index (χ1) is 12.3. The highest BCUT2D eigenvalue weighted by molar-refractivity contribution is 14.0. The third-order valence-electron chi connectivity index (χ3n) is 4.82. The highest BCUT2D eigenvalue weighted by Gasteiger charge is 2.23. The number of rotatable bonds is 5. The number of aliphatic imine (C=N–C) groups is 1. The molecule has 2 heterocycles. The molecule has 0 unspecified atom stereocenters. The summed E-state index contributed by atoms with van der Waals surface area (Å²) in [5.74, 6) is 1.58. The van der Waals surface area contributed by atoms with Gasteiger partial charge in [0.1, 0.15) is 0 Å². The molecule has 0 radical (unpaired) electrons. The van der Waals surface area contributed by atoms with E-state index in [0.29, 0.717) is 12.3 Å². The molecule has 1 aromatic rings. The van der Waals surface area contributed by atoms with Crippen LogP contribution < -0.4 is 10.6 Å². The minimum Gasteiger partial charge on any atom is -0.359 e. The number of hydrogen-bond acceptors (Lipinski definition) is 4. The average Bonchev–Trinajstić information content (AvgIpc) is 3.09. The minimum absolute atomic E-state index is 0. The van der Waals surface area contributed by atoms with Crippen LogP contribution in [0.2, 0.25) is 0 Å². The molecule has 1 aromatic heterocycles. The van der Waals surface area contributed by atoms with Crippen molar-refractivity contribution in [3.8, 4) is 0 Å². The number of nitrogens with zero attached hydrogens (tertiary/aromatic N) is 3. The summed E-state index contributed by atoms with van der Waals surface area (Å²) in [6.07, 6.45) is 3.62. The van der Waals surface area contributed by atoms with Gasteiger partial charge in [-0.25, -0.2) is 4.98 Å². The lowest BCUT2D eigenvalue weighted by Crippen LogP contribution is -2.46. The first-order valence-corrected chi connectivity index (χ1v) is 10.3. The van der Waals surface area contributed by atoms with Crippen LogP contribution in [-0.4, -0.2) is 55.5 Å². The summed E-state index contributed by atoms with van der Waals surface area (Å²) in [6.45, 7) is 9.32. The highest BCUT2D eigenvalue weighted by atomic mass is 127. The van der Waals surface area contributed by atoms with Crippen LogP contribution in [0.15, 0.2) is 10.4 Å². The molecule has 154 valence electrons. The second kappa shape index (κ2) is 11.2. The van der Waals surface area contributed by atoms with Gasteiger partial charge < -0.3 is 15.5 Å². The fraction of sp³-hybridized carbons (Fsp3) is 0.737. The zero-order valence-electron chi connectivity index (χ0n) is 17.2. The molecular weight excluding hydrogens is 473 g/mol. The normalized spacial score (nSPS) is 16.0. The molecule has 1 aliphatic heterocycles. The van der Waals surface area contributed by atoms with Crippen LogP contribution in [0.25, 0.3) is 0 Å². The van der Waals surface area contributed by atoms with Crippen molar-refractivity contribution in [2.24, 2.45) is 10.9 Å². The summed E-state index contributed by atoms with van der Waals surface area (Å²) in [4.78, 5) is 23.0. The molecule has 8 heteroatoms. The van der Waals surface area contributed by atoms with Gasteiger partial charge in [0, 0.05) is 57.4 Å². The number of piperidine rings is 1. The van der Waals surface area contributed by atoms with Crippen LogP contribution in [0, 0.1) is 5.92 Å². The fourth-order valence-electron chi connectivity index (χ4n) is 3.10. The van der Waals surface area contributed by atoms with Gasteiger partial charge in [0.25, 0.3) is 0 Å². The molecule has 2 rings (SSSR count). The Balaban J connectivity index is 0.00000364. The lowest BCUT2D eigenvalue weighted by Gasteiger charge is -2.34. The van der Waals surface area contributed by atoms with Gasteiger partial charge in [-0.2, -0.15) is 0 Å². The van der Waals surface area contributed by atoms with Gasteiger partial charge in [-0.3, -0.25) is 9.79 Å². The summed E-state index contributed by atoms with van der Waals surface area (Å²) >= 11 is 1.74. The number of carbonyl (C=O) groups excluding carboxylic acids is 1. The maximum absolute atomic E-state index is 11.5. The topological polar surface area (TPSA) is 69.6 Å². The zero-order chi connectivity index (χ0) is 19.2. The van der Waals surface area contributed by atoms with Crippen molar-refractivity contribution in [3.63, 3.8) is 0 Å². The van der Waals surface area contributed by atoms with Crippen molar-refractivity contribution in [2.75, 3.05) is 33.7 Å². The number of halogens is 1. The van der Waals surface area contributed by atoms with Crippen molar-refractivity contribution in [1.29, 1.82) is 0 Å². The second-order valence-corrected chi connectivity index (χ2v) is 8.85. The van der Waals surface area contributed by atoms with Crippen LogP contribution >= 0.6 is 35.3 Å². The lowest BCUT2D eigenvalue weighted by atomic mass is 9.93. The highest BCUT2D eigenvalue weighted by Crippen LogP contribution is 2.24. The molecule has 0 aliphatic carbocycles. The van der Waals surface area contributed by atoms with Gasteiger partial charge in [-0.05, 0) is 18.8 Å². The zero-order valence-corrected chi connectivity index (χ0v) is 20.3. The first kappa shape index (κ1) is 24.1. The van der Waals surface area contributed by atoms with Gasteiger partial charge >= 0.3 is 0 Å². The van der Waals surface area contributed by atoms with Gasteiger partial charge in [0.15, 0.2) is 5.96 Å². The number of hydrogen-bond donors (Lipinski definition) is 2. The predicted molar refractivity (Wildman–Crippen MR) is 124 cm³/mol. The molecule has 0 atom stereocenters.